The van der Waals surface area contributed by atoms with Gasteiger partial charge in [0.25, 0.3) is 5.91 Å². The molecule has 0 N–H and O–H groups in total. The third-order valence-corrected chi connectivity index (χ3v) is 4.84. The highest BCUT2D eigenvalue weighted by Gasteiger charge is 2.20. The molecular formula is C20H16ClFN2O2. The van der Waals surface area contributed by atoms with Crippen molar-refractivity contribution in [1.82, 2.24) is 9.88 Å². The van der Waals surface area contributed by atoms with Gasteiger partial charge in [-0.05, 0) is 29.8 Å². The minimum absolute atomic E-state index is 0.175. The van der Waals surface area contributed by atoms with Crippen molar-refractivity contribution in [3.05, 3.63) is 65.1 Å². The van der Waals surface area contributed by atoms with Gasteiger partial charge >= 0.3 is 0 Å². The maximum atomic E-state index is 14.7. The number of carbonyl (C=O) groups excluding carboxylic acids is 1. The van der Waals surface area contributed by atoms with E-state index >= 15 is 0 Å². The summed E-state index contributed by atoms with van der Waals surface area (Å²) >= 11 is 6.15. The Morgan fingerprint density at radius 3 is 2.69 bits per heavy atom. The lowest BCUT2D eigenvalue weighted by atomic mass is 10.0. The van der Waals surface area contributed by atoms with Gasteiger partial charge in [-0.25, -0.2) is 4.39 Å². The summed E-state index contributed by atoms with van der Waals surface area (Å²) in [6.07, 6.45) is 1.62. The lowest BCUT2D eigenvalue weighted by Crippen LogP contribution is -2.40. The Morgan fingerprint density at radius 2 is 1.92 bits per heavy atom. The van der Waals surface area contributed by atoms with Crippen molar-refractivity contribution in [3.8, 4) is 11.1 Å². The van der Waals surface area contributed by atoms with Crippen LogP contribution in [0.5, 0.6) is 0 Å². The molecule has 1 aromatic heterocycles. The Labute approximate surface area is 155 Å². The van der Waals surface area contributed by atoms with Crippen molar-refractivity contribution in [2.75, 3.05) is 26.3 Å². The highest BCUT2D eigenvalue weighted by Crippen LogP contribution is 2.29. The second-order valence-electron chi connectivity index (χ2n) is 6.12. The maximum Gasteiger partial charge on any atom is 0.254 e. The Kier molecular flexibility index (Phi) is 4.57. The van der Waals surface area contributed by atoms with E-state index in [0.29, 0.717) is 53.5 Å². The van der Waals surface area contributed by atoms with Crippen molar-refractivity contribution < 1.29 is 13.9 Å². The lowest BCUT2D eigenvalue weighted by molar-refractivity contribution is 0.0302. The number of hydrogen-bond donors (Lipinski definition) is 0. The van der Waals surface area contributed by atoms with Crippen molar-refractivity contribution >= 4 is 28.4 Å². The molecule has 2 aromatic carbocycles. The molecule has 4 rings (SSSR count). The van der Waals surface area contributed by atoms with Gasteiger partial charge in [-0.3, -0.25) is 9.78 Å². The summed E-state index contributed by atoms with van der Waals surface area (Å²) in [6.45, 7) is 2.08. The summed E-state index contributed by atoms with van der Waals surface area (Å²) in [4.78, 5) is 18.5. The Bertz CT molecular complexity index is 987. The van der Waals surface area contributed by atoms with Gasteiger partial charge in [0.15, 0.2) is 0 Å². The zero-order chi connectivity index (χ0) is 18.1. The Hall–Kier alpha value is -2.50. The summed E-state index contributed by atoms with van der Waals surface area (Å²) in [5.41, 5.74) is 2.15. The topological polar surface area (TPSA) is 42.4 Å². The molecule has 1 aliphatic rings. The number of carbonyl (C=O) groups is 1. The highest BCUT2D eigenvalue weighted by molar-refractivity contribution is 6.35. The second kappa shape index (κ2) is 7.02. The van der Waals surface area contributed by atoms with E-state index in [-0.39, 0.29) is 5.91 Å². The van der Waals surface area contributed by atoms with Gasteiger partial charge in [-0.1, -0.05) is 29.8 Å². The molecule has 0 bridgehead atoms. The molecule has 132 valence electrons. The van der Waals surface area contributed by atoms with Crippen LogP contribution in [0.1, 0.15) is 10.4 Å². The predicted octanol–water partition coefficient (Wildman–Crippen LogP) is 4.17. The van der Waals surface area contributed by atoms with Gasteiger partial charge < -0.3 is 9.64 Å². The maximum absolute atomic E-state index is 14.7. The molecule has 1 aliphatic heterocycles. The highest BCUT2D eigenvalue weighted by atomic mass is 35.5. The van der Waals surface area contributed by atoms with Crippen LogP contribution < -0.4 is 0 Å². The molecule has 26 heavy (non-hydrogen) atoms. The number of ether oxygens (including phenoxy) is 1. The van der Waals surface area contributed by atoms with E-state index in [0.717, 1.165) is 5.39 Å². The first-order chi connectivity index (χ1) is 12.6. The largest absolute Gasteiger partial charge is 0.378 e. The molecule has 0 unspecified atom stereocenters. The lowest BCUT2D eigenvalue weighted by Gasteiger charge is -2.27. The monoisotopic (exact) mass is 370 g/mol. The SMILES string of the molecule is O=C(c1ccc(-c2ccc3c(Cl)ccnc3c2)c(F)c1)N1CCOCC1. The molecule has 0 saturated carbocycles. The van der Waals surface area contributed by atoms with Crippen LogP contribution in [0.2, 0.25) is 5.02 Å². The van der Waals surface area contributed by atoms with Crippen LogP contribution in [-0.2, 0) is 4.74 Å². The van der Waals surface area contributed by atoms with Gasteiger partial charge in [0.2, 0.25) is 0 Å². The first-order valence-corrected chi connectivity index (χ1v) is 8.72. The average molecular weight is 371 g/mol. The zero-order valence-corrected chi connectivity index (χ0v) is 14.7. The summed E-state index contributed by atoms with van der Waals surface area (Å²) in [6, 6.07) is 11.7. The first kappa shape index (κ1) is 16.9. The van der Waals surface area contributed by atoms with E-state index < -0.39 is 5.82 Å². The number of pyridine rings is 1. The molecule has 1 saturated heterocycles. The molecule has 4 nitrogen and oxygen atoms in total. The predicted molar refractivity (Wildman–Crippen MR) is 98.9 cm³/mol. The summed E-state index contributed by atoms with van der Waals surface area (Å²) < 4.78 is 19.9. The number of fused-ring (bicyclic) bond motifs is 1. The smallest absolute Gasteiger partial charge is 0.254 e. The van der Waals surface area contributed by atoms with Gasteiger partial charge in [-0.2, -0.15) is 0 Å². The molecule has 1 fully saturated rings. The number of nitrogens with zero attached hydrogens (tertiary/aromatic N) is 2. The number of rotatable bonds is 2. The fourth-order valence-electron chi connectivity index (χ4n) is 3.11. The number of amides is 1. The average Bonchev–Trinajstić information content (AvgIpc) is 2.68. The Balaban J connectivity index is 1.66. The van der Waals surface area contributed by atoms with Crippen molar-refractivity contribution in [3.63, 3.8) is 0 Å². The fourth-order valence-corrected chi connectivity index (χ4v) is 3.33. The van der Waals surface area contributed by atoms with Crippen LogP contribution in [-0.4, -0.2) is 42.1 Å². The molecule has 0 aliphatic carbocycles. The number of benzene rings is 2. The van der Waals surface area contributed by atoms with Crippen LogP contribution >= 0.6 is 11.6 Å². The van der Waals surface area contributed by atoms with E-state index in [2.05, 4.69) is 4.98 Å². The van der Waals surface area contributed by atoms with E-state index in [1.54, 1.807) is 41.4 Å². The zero-order valence-electron chi connectivity index (χ0n) is 13.9. The number of morpholine rings is 1. The van der Waals surface area contributed by atoms with Crippen molar-refractivity contribution in [1.29, 1.82) is 0 Å². The molecule has 2 heterocycles. The molecule has 3 aromatic rings. The van der Waals surface area contributed by atoms with Crippen LogP contribution in [0.15, 0.2) is 48.7 Å². The van der Waals surface area contributed by atoms with Crippen LogP contribution in [0, 0.1) is 5.82 Å². The number of halogens is 2. The third kappa shape index (κ3) is 3.16. The van der Waals surface area contributed by atoms with E-state index in [1.165, 1.54) is 6.07 Å². The molecule has 0 spiro atoms. The molecule has 1 amide bonds. The minimum atomic E-state index is -0.439. The minimum Gasteiger partial charge on any atom is -0.378 e. The number of hydrogen-bond acceptors (Lipinski definition) is 3. The standard InChI is InChI=1S/C20H16ClFN2O2/c21-17-5-6-23-19-12-13(1-4-16(17)19)15-3-2-14(11-18(15)22)20(25)24-7-9-26-10-8-24/h1-6,11-12H,7-10H2. The number of aromatic nitrogens is 1. The van der Waals surface area contributed by atoms with Gasteiger partial charge in [0.1, 0.15) is 5.82 Å². The third-order valence-electron chi connectivity index (χ3n) is 4.51. The van der Waals surface area contributed by atoms with Gasteiger partial charge in [-0.15, -0.1) is 0 Å². The summed E-state index contributed by atoms with van der Waals surface area (Å²) in [5.74, 6) is -0.615. The molecule has 0 radical (unpaired) electrons. The van der Waals surface area contributed by atoms with Crippen molar-refractivity contribution in [2.45, 2.75) is 0 Å². The fraction of sp³-hybridized carbons (Fsp3) is 0.200. The normalized spacial score (nSPS) is 14.6. The van der Waals surface area contributed by atoms with E-state index in [4.69, 9.17) is 16.3 Å². The van der Waals surface area contributed by atoms with E-state index in [9.17, 15) is 9.18 Å². The van der Waals surface area contributed by atoms with E-state index in [1.807, 2.05) is 6.07 Å². The first-order valence-electron chi connectivity index (χ1n) is 8.35. The second-order valence-corrected chi connectivity index (χ2v) is 6.53. The van der Waals surface area contributed by atoms with Crippen LogP contribution in [0.25, 0.3) is 22.0 Å². The summed E-state index contributed by atoms with van der Waals surface area (Å²) in [7, 11) is 0. The van der Waals surface area contributed by atoms with Gasteiger partial charge in [0, 0.05) is 35.8 Å². The molecular weight excluding hydrogens is 355 g/mol. The quantitative estimate of drug-likeness (QED) is 0.680. The Morgan fingerprint density at radius 1 is 1.12 bits per heavy atom. The molecule has 0 atom stereocenters. The van der Waals surface area contributed by atoms with Gasteiger partial charge in [0.05, 0.1) is 23.8 Å². The van der Waals surface area contributed by atoms with Crippen LogP contribution in [0.3, 0.4) is 0 Å². The van der Waals surface area contributed by atoms with Crippen molar-refractivity contribution in [2.24, 2.45) is 0 Å². The summed E-state index contributed by atoms with van der Waals surface area (Å²) in [5, 5.41) is 1.42. The van der Waals surface area contributed by atoms with Crippen LogP contribution in [0.4, 0.5) is 4.39 Å². The molecule has 6 heteroatoms.